The van der Waals surface area contributed by atoms with Crippen molar-refractivity contribution >= 4 is 64.3 Å². The fraction of sp³-hybridized carbons (Fsp3) is 0.111. The summed E-state index contributed by atoms with van der Waals surface area (Å²) in [6.45, 7) is 3.64. The minimum atomic E-state index is -0.461. The summed E-state index contributed by atoms with van der Waals surface area (Å²) in [5, 5.41) is 0. The molecule has 4 aliphatic heterocycles. The van der Waals surface area contributed by atoms with Gasteiger partial charge < -0.3 is 0 Å². The summed E-state index contributed by atoms with van der Waals surface area (Å²) in [5.74, 6) is -3.77. The van der Waals surface area contributed by atoms with Crippen molar-refractivity contribution in [3.8, 4) is 0 Å². The van der Waals surface area contributed by atoms with Crippen molar-refractivity contribution < 1.29 is 38.4 Å². The Morgan fingerprint density at radius 1 is 0.544 bits per heavy atom. The van der Waals surface area contributed by atoms with Crippen LogP contribution < -0.4 is 14.7 Å². The molecule has 3 aromatic carbocycles. The van der Waals surface area contributed by atoms with Crippen LogP contribution in [0.15, 0.2) is 151 Å². The standard InChI is InChI=1S/C45H34N4O8/c1-28(46-38(50)18-19-39(46)51)6-7-31(5-3-4-30-8-13-34(14-9-30)47-40(52)20-21-41(47)53)26-33-12-17-36(49-44(56)24-25-45(49)57)27-37(33)29(2)32-10-15-35(16-11-32)48-42(54)22-23-43(48)55/h3,5-25,27,29H,4,26H2,1-2H3/b5-3+,28-6+,31-7+. The van der Waals surface area contributed by atoms with Gasteiger partial charge in [-0.1, -0.05) is 55.5 Å². The minimum Gasteiger partial charge on any atom is -0.269 e. The van der Waals surface area contributed by atoms with E-state index in [9.17, 15) is 38.4 Å². The molecule has 0 radical (unpaired) electrons. The van der Waals surface area contributed by atoms with Crippen LogP contribution in [0.5, 0.6) is 0 Å². The Bertz CT molecular complexity index is 2430. The second-order valence-electron chi connectivity index (χ2n) is 13.6. The van der Waals surface area contributed by atoms with Gasteiger partial charge in [0.25, 0.3) is 47.3 Å². The molecule has 0 fully saturated rings. The van der Waals surface area contributed by atoms with Crippen molar-refractivity contribution in [1.29, 1.82) is 0 Å². The maximum Gasteiger partial charge on any atom is 0.258 e. The van der Waals surface area contributed by atoms with E-state index >= 15 is 0 Å². The number of carbonyl (C=O) groups excluding carboxylic acids is 8. The van der Waals surface area contributed by atoms with Gasteiger partial charge in [-0.3, -0.25) is 38.4 Å². The summed E-state index contributed by atoms with van der Waals surface area (Å²) in [6, 6.07) is 19.5. The number of rotatable bonds is 12. The topological polar surface area (TPSA) is 150 Å². The van der Waals surface area contributed by atoms with E-state index in [-0.39, 0.29) is 5.92 Å². The molecule has 1 atom stereocenters. The van der Waals surface area contributed by atoms with Gasteiger partial charge in [0.2, 0.25) is 0 Å². The maximum absolute atomic E-state index is 12.7. The van der Waals surface area contributed by atoms with Gasteiger partial charge in [0.1, 0.15) is 0 Å². The number of allylic oxidation sites excluding steroid dienone is 6. The number of hydrogen-bond acceptors (Lipinski definition) is 8. The van der Waals surface area contributed by atoms with Gasteiger partial charge in [0.05, 0.1) is 17.1 Å². The number of amides is 8. The molecule has 0 saturated carbocycles. The van der Waals surface area contributed by atoms with Crippen molar-refractivity contribution in [2.75, 3.05) is 14.7 Å². The zero-order chi connectivity index (χ0) is 40.4. The summed E-state index contributed by atoms with van der Waals surface area (Å²) in [6.07, 6.45) is 18.0. The molecule has 0 saturated heterocycles. The second-order valence-corrected chi connectivity index (χ2v) is 13.6. The number of nitrogens with zero attached hydrogens (tertiary/aromatic N) is 4. The molecule has 4 heterocycles. The van der Waals surface area contributed by atoms with Gasteiger partial charge in [-0.05, 0) is 90.1 Å². The zero-order valence-corrected chi connectivity index (χ0v) is 30.8. The van der Waals surface area contributed by atoms with Crippen LogP contribution in [0.4, 0.5) is 17.1 Å². The SMILES string of the molecule is C\C(=C/C=C(\C=C\Cc1ccc(N2C(=O)C=CC2=O)cc1)Cc1ccc(N2C(=O)C=CC2=O)cc1C(C)c1ccc(N2C(=O)C=CC2=O)cc1)N1C(=O)C=CC1=O. The van der Waals surface area contributed by atoms with E-state index in [4.69, 9.17) is 0 Å². The van der Waals surface area contributed by atoms with E-state index in [1.807, 2.05) is 55.5 Å². The van der Waals surface area contributed by atoms with E-state index in [0.717, 1.165) is 47.4 Å². The molecule has 57 heavy (non-hydrogen) atoms. The van der Waals surface area contributed by atoms with Crippen LogP contribution in [-0.2, 0) is 51.2 Å². The van der Waals surface area contributed by atoms with Crippen molar-refractivity contribution in [1.82, 2.24) is 4.90 Å². The van der Waals surface area contributed by atoms with Crippen molar-refractivity contribution in [3.63, 3.8) is 0 Å². The van der Waals surface area contributed by atoms with Crippen LogP contribution in [0.3, 0.4) is 0 Å². The fourth-order valence-electron chi connectivity index (χ4n) is 6.91. The predicted molar refractivity (Wildman–Crippen MR) is 211 cm³/mol. The monoisotopic (exact) mass is 758 g/mol. The number of carbonyl (C=O) groups is 8. The molecule has 1 unspecified atom stereocenters. The van der Waals surface area contributed by atoms with Crippen molar-refractivity contribution in [2.45, 2.75) is 32.6 Å². The molecule has 12 nitrogen and oxygen atoms in total. The smallest absolute Gasteiger partial charge is 0.258 e. The molecule has 12 heteroatoms. The van der Waals surface area contributed by atoms with Crippen LogP contribution in [0.25, 0.3) is 0 Å². The molecule has 3 aromatic rings. The summed E-state index contributed by atoms with van der Waals surface area (Å²) in [4.78, 5) is 103. The van der Waals surface area contributed by atoms with E-state index in [0.29, 0.717) is 35.6 Å². The zero-order valence-electron chi connectivity index (χ0n) is 30.8. The number of benzene rings is 3. The normalized spacial score (nSPS) is 17.7. The predicted octanol–water partition coefficient (Wildman–Crippen LogP) is 5.22. The molecule has 0 N–H and O–H groups in total. The Morgan fingerprint density at radius 2 is 0.982 bits per heavy atom. The molecule has 0 aliphatic carbocycles. The number of imide groups is 4. The van der Waals surface area contributed by atoms with Crippen LogP contribution in [-0.4, -0.2) is 52.2 Å². The summed E-state index contributed by atoms with van der Waals surface area (Å²) in [5.41, 5.74) is 5.90. The first-order chi connectivity index (χ1) is 27.4. The summed E-state index contributed by atoms with van der Waals surface area (Å²) in [7, 11) is 0. The molecule has 4 aliphatic rings. The third kappa shape index (κ3) is 7.69. The van der Waals surface area contributed by atoms with Gasteiger partial charge in [0.15, 0.2) is 0 Å². The highest BCUT2D eigenvalue weighted by Crippen LogP contribution is 2.34. The molecule has 282 valence electrons. The van der Waals surface area contributed by atoms with Crippen LogP contribution in [0.1, 0.15) is 42.0 Å². The lowest BCUT2D eigenvalue weighted by Gasteiger charge is -2.22. The molecular formula is C45H34N4O8. The lowest BCUT2D eigenvalue weighted by Crippen LogP contribution is -2.29. The molecule has 7 rings (SSSR count). The van der Waals surface area contributed by atoms with E-state index in [1.54, 1.807) is 49.4 Å². The molecular weight excluding hydrogens is 725 g/mol. The first-order valence-corrected chi connectivity index (χ1v) is 18.0. The Hall–Kier alpha value is -7.60. The van der Waals surface area contributed by atoms with Crippen molar-refractivity contribution in [2.24, 2.45) is 0 Å². The first kappa shape index (κ1) is 37.7. The van der Waals surface area contributed by atoms with Crippen LogP contribution >= 0.6 is 0 Å². The van der Waals surface area contributed by atoms with Crippen LogP contribution in [0.2, 0.25) is 0 Å². The Kier molecular flexibility index (Phi) is 10.3. The summed E-state index contributed by atoms with van der Waals surface area (Å²) >= 11 is 0. The third-order valence-electron chi connectivity index (χ3n) is 9.91. The maximum atomic E-state index is 12.7. The first-order valence-electron chi connectivity index (χ1n) is 18.0. The lowest BCUT2D eigenvalue weighted by atomic mass is 9.86. The van der Waals surface area contributed by atoms with Crippen molar-refractivity contribution in [3.05, 3.63) is 173 Å². The average Bonchev–Trinajstić information content (AvgIpc) is 3.94. The Morgan fingerprint density at radius 3 is 1.49 bits per heavy atom. The molecule has 8 amide bonds. The van der Waals surface area contributed by atoms with E-state index in [2.05, 4.69) is 0 Å². The molecule has 0 bridgehead atoms. The highest BCUT2D eigenvalue weighted by atomic mass is 16.2. The van der Waals surface area contributed by atoms with Gasteiger partial charge in [0, 0.05) is 60.2 Å². The fourth-order valence-corrected chi connectivity index (χ4v) is 6.91. The van der Waals surface area contributed by atoms with Gasteiger partial charge >= 0.3 is 0 Å². The van der Waals surface area contributed by atoms with Crippen LogP contribution in [0, 0.1) is 0 Å². The lowest BCUT2D eigenvalue weighted by molar-refractivity contribution is -0.134. The highest BCUT2D eigenvalue weighted by Gasteiger charge is 2.29. The van der Waals surface area contributed by atoms with Gasteiger partial charge in [-0.25, -0.2) is 19.6 Å². The minimum absolute atomic E-state index is 0.297. The number of anilines is 3. The molecule has 0 aromatic heterocycles. The second kappa shape index (κ2) is 15.6. The van der Waals surface area contributed by atoms with Gasteiger partial charge in [-0.2, -0.15) is 0 Å². The molecule has 0 spiro atoms. The summed E-state index contributed by atoms with van der Waals surface area (Å²) < 4.78 is 0. The average molecular weight is 759 g/mol. The third-order valence-corrected chi connectivity index (χ3v) is 9.91. The quantitative estimate of drug-likeness (QED) is 0.180. The van der Waals surface area contributed by atoms with Gasteiger partial charge in [-0.15, -0.1) is 0 Å². The Balaban J connectivity index is 1.21. The van der Waals surface area contributed by atoms with E-state index < -0.39 is 47.3 Å². The van der Waals surface area contributed by atoms with E-state index in [1.165, 1.54) is 48.6 Å². The highest BCUT2D eigenvalue weighted by molar-refractivity contribution is 6.29. The number of hydrogen-bond donors (Lipinski definition) is 0. The Labute approximate surface area is 327 Å². The largest absolute Gasteiger partial charge is 0.269 e.